The molecule has 1 amide bonds. The maximum Gasteiger partial charge on any atom is 0.222 e. The number of thiazole rings is 1. The van der Waals surface area contributed by atoms with Gasteiger partial charge in [0.2, 0.25) is 5.91 Å². The number of nitrogens with zero attached hydrogens (tertiary/aromatic N) is 2. The molecule has 0 atom stereocenters. The van der Waals surface area contributed by atoms with Crippen LogP contribution >= 0.6 is 22.9 Å². The van der Waals surface area contributed by atoms with E-state index in [1.54, 1.807) is 28.4 Å². The molecule has 2 aromatic carbocycles. The monoisotopic (exact) mass is 388 g/mol. The summed E-state index contributed by atoms with van der Waals surface area (Å²) in [4.78, 5) is 18.6. The van der Waals surface area contributed by atoms with Gasteiger partial charge in [-0.2, -0.15) is 0 Å². The summed E-state index contributed by atoms with van der Waals surface area (Å²) in [5.41, 5.74) is 1.04. The van der Waals surface area contributed by atoms with Crippen LogP contribution in [0.5, 0.6) is 5.75 Å². The molecular weight excluding hydrogens is 368 g/mol. The molecular formula is C20H21ClN2O2S. The summed E-state index contributed by atoms with van der Waals surface area (Å²) < 4.78 is 6.83. The van der Waals surface area contributed by atoms with Crippen LogP contribution < -0.4 is 4.74 Å². The first-order valence-corrected chi connectivity index (χ1v) is 9.78. The highest BCUT2D eigenvalue weighted by atomic mass is 35.5. The molecule has 0 radical (unpaired) electrons. The van der Waals surface area contributed by atoms with Crippen molar-refractivity contribution in [1.82, 2.24) is 9.88 Å². The van der Waals surface area contributed by atoms with Crippen molar-refractivity contribution in [3.8, 4) is 5.75 Å². The van der Waals surface area contributed by atoms with Crippen LogP contribution in [0, 0.1) is 0 Å². The van der Waals surface area contributed by atoms with Gasteiger partial charge in [-0.3, -0.25) is 4.79 Å². The number of hydrogen-bond donors (Lipinski definition) is 0. The number of fused-ring (bicyclic) bond motifs is 1. The third-order valence-corrected chi connectivity index (χ3v) is 5.40. The predicted molar refractivity (Wildman–Crippen MR) is 107 cm³/mol. The maximum atomic E-state index is 12.2. The summed E-state index contributed by atoms with van der Waals surface area (Å²) in [6.07, 6.45) is 2.16. The Hall–Kier alpha value is -2.11. The number of ether oxygens (including phenoxy) is 1. The van der Waals surface area contributed by atoms with E-state index in [0.29, 0.717) is 24.6 Å². The lowest BCUT2D eigenvalue weighted by atomic mass is 10.2. The average Bonchev–Trinajstić information content (AvgIpc) is 3.06. The molecule has 0 bridgehead atoms. The van der Waals surface area contributed by atoms with Gasteiger partial charge in [0.05, 0.1) is 21.8 Å². The van der Waals surface area contributed by atoms with Crippen LogP contribution in [0.2, 0.25) is 5.02 Å². The van der Waals surface area contributed by atoms with Crippen LogP contribution in [0.15, 0.2) is 48.5 Å². The Kier molecular flexibility index (Phi) is 6.47. The first-order chi connectivity index (χ1) is 12.6. The molecule has 0 aliphatic heterocycles. The summed E-state index contributed by atoms with van der Waals surface area (Å²) >= 11 is 7.55. The summed E-state index contributed by atoms with van der Waals surface area (Å²) in [5, 5.41) is 1.77. The van der Waals surface area contributed by atoms with Crippen LogP contribution in [0.25, 0.3) is 10.2 Å². The van der Waals surface area contributed by atoms with Crippen molar-refractivity contribution in [2.24, 2.45) is 0 Å². The van der Waals surface area contributed by atoms with Gasteiger partial charge in [-0.15, -0.1) is 11.3 Å². The minimum absolute atomic E-state index is 0.130. The zero-order chi connectivity index (χ0) is 18.4. The number of carbonyl (C=O) groups excluding carboxylic acids is 1. The Balaban J connectivity index is 1.37. The van der Waals surface area contributed by atoms with Crippen molar-refractivity contribution in [2.45, 2.75) is 19.3 Å². The normalized spacial score (nSPS) is 10.8. The Morgan fingerprint density at radius 3 is 2.73 bits per heavy atom. The van der Waals surface area contributed by atoms with Gasteiger partial charge < -0.3 is 9.64 Å². The van der Waals surface area contributed by atoms with Crippen LogP contribution in [0.4, 0.5) is 0 Å². The number of para-hydroxylation sites is 1. The van der Waals surface area contributed by atoms with Gasteiger partial charge in [0.1, 0.15) is 12.4 Å². The molecule has 0 aliphatic rings. The van der Waals surface area contributed by atoms with E-state index >= 15 is 0 Å². The van der Waals surface area contributed by atoms with E-state index in [1.807, 2.05) is 37.4 Å². The molecule has 0 saturated heterocycles. The summed E-state index contributed by atoms with van der Waals surface area (Å²) in [6.45, 7) is 1.02. The molecule has 136 valence electrons. The summed E-state index contributed by atoms with van der Waals surface area (Å²) in [7, 11) is 1.81. The SMILES string of the molecule is CN(CCOc1ccc(Cl)cc1)C(=O)CCCc1nc2ccccc2s1. The quantitative estimate of drug-likeness (QED) is 0.556. The Morgan fingerprint density at radius 1 is 1.19 bits per heavy atom. The van der Waals surface area contributed by atoms with Gasteiger partial charge in [0, 0.05) is 18.5 Å². The van der Waals surface area contributed by atoms with Crippen molar-refractivity contribution in [2.75, 3.05) is 20.2 Å². The fraction of sp³-hybridized carbons (Fsp3) is 0.300. The van der Waals surface area contributed by atoms with Crippen LogP contribution in [-0.2, 0) is 11.2 Å². The van der Waals surface area contributed by atoms with Crippen molar-refractivity contribution in [1.29, 1.82) is 0 Å². The smallest absolute Gasteiger partial charge is 0.222 e. The number of halogens is 1. The van der Waals surface area contributed by atoms with Gasteiger partial charge in [-0.1, -0.05) is 23.7 Å². The fourth-order valence-corrected chi connectivity index (χ4v) is 3.70. The van der Waals surface area contributed by atoms with Crippen molar-refractivity contribution < 1.29 is 9.53 Å². The van der Waals surface area contributed by atoms with Crippen molar-refractivity contribution in [3.63, 3.8) is 0 Å². The third kappa shape index (κ3) is 5.19. The highest BCUT2D eigenvalue weighted by molar-refractivity contribution is 7.18. The fourth-order valence-electron chi connectivity index (χ4n) is 2.56. The Bertz CT molecular complexity index is 831. The van der Waals surface area contributed by atoms with Gasteiger partial charge in [-0.25, -0.2) is 4.98 Å². The zero-order valence-electron chi connectivity index (χ0n) is 14.7. The van der Waals surface area contributed by atoms with Gasteiger partial charge in [-0.05, 0) is 49.2 Å². The molecule has 26 heavy (non-hydrogen) atoms. The standard InChI is InChI=1S/C20H21ClN2O2S/c1-23(13-14-25-16-11-9-15(21)10-12-16)20(24)8-4-7-19-22-17-5-2-3-6-18(17)26-19/h2-3,5-6,9-12H,4,7-8,13-14H2,1H3. The Morgan fingerprint density at radius 2 is 1.96 bits per heavy atom. The molecule has 0 unspecified atom stereocenters. The maximum absolute atomic E-state index is 12.2. The predicted octanol–water partition coefficient (Wildman–Crippen LogP) is 4.81. The van der Waals surface area contributed by atoms with E-state index in [0.717, 1.165) is 29.1 Å². The van der Waals surface area contributed by atoms with Crippen LogP contribution in [0.1, 0.15) is 17.8 Å². The highest BCUT2D eigenvalue weighted by Crippen LogP contribution is 2.22. The molecule has 0 saturated carbocycles. The minimum atomic E-state index is 0.130. The number of amides is 1. The van der Waals surface area contributed by atoms with Crippen LogP contribution in [-0.4, -0.2) is 36.0 Å². The number of rotatable bonds is 8. The summed E-state index contributed by atoms with van der Waals surface area (Å²) in [6, 6.07) is 15.3. The number of carbonyl (C=O) groups is 1. The first kappa shape index (κ1) is 18.7. The molecule has 6 heteroatoms. The molecule has 3 aromatic rings. The summed E-state index contributed by atoms with van der Waals surface area (Å²) in [5.74, 6) is 0.886. The minimum Gasteiger partial charge on any atom is -0.492 e. The van der Waals surface area contributed by atoms with E-state index in [4.69, 9.17) is 16.3 Å². The number of aryl methyl sites for hydroxylation is 1. The van der Waals surface area contributed by atoms with Gasteiger partial charge >= 0.3 is 0 Å². The van der Waals surface area contributed by atoms with Crippen LogP contribution in [0.3, 0.4) is 0 Å². The molecule has 0 N–H and O–H groups in total. The molecule has 4 nitrogen and oxygen atoms in total. The van der Waals surface area contributed by atoms with Gasteiger partial charge in [0.15, 0.2) is 0 Å². The van der Waals surface area contributed by atoms with Gasteiger partial charge in [0.25, 0.3) is 0 Å². The zero-order valence-corrected chi connectivity index (χ0v) is 16.2. The second-order valence-corrected chi connectivity index (χ2v) is 7.60. The molecule has 0 fully saturated rings. The topological polar surface area (TPSA) is 42.4 Å². The second kappa shape index (κ2) is 9.01. The molecule has 1 aromatic heterocycles. The highest BCUT2D eigenvalue weighted by Gasteiger charge is 2.10. The van der Waals surface area contributed by atoms with E-state index in [-0.39, 0.29) is 5.91 Å². The molecule has 0 spiro atoms. The Labute approximate surface area is 162 Å². The number of hydrogen-bond acceptors (Lipinski definition) is 4. The first-order valence-electron chi connectivity index (χ1n) is 8.58. The van der Waals surface area contributed by atoms with E-state index in [2.05, 4.69) is 11.1 Å². The van der Waals surface area contributed by atoms with Crippen molar-refractivity contribution >= 4 is 39.1 Å². The lowest BCUT2D eigenvalue weighted by molar-refractivity contribution is -0.130. The largest absolute Gasteiger partial charge is 0.492 e. The molecule has 0 aliphatic carbocycles. The number of aromatic nitrogens is 1. The lowest BCUT2D eigenvalue weighted by Crippen LogP contribution is -2.30. The third-order valence-electron chi connectivity index (χ3n) is 4.05. The van der Waals surface area contributed by atoms with E-state index in [9.17, 15) is 4.79 Å². The number of benzene rings is 2. The molecule has 1 heterocycles. The van der Waals surface area contributed by atoms with Crippen molar-refractivity contribution in [3.05, 3.63) is 58.6 Å². The molecule has 3 rings (SSSR count). The van der Waals surface area contributed by atoms with E-state index < -0.39 is 0 Å². The lowest BCUT2D eigenvalue weighted by Gasteiger charge is -2.17. The number of likely N-dealkylation sites (N-methyl/N-ethyl adjacent to an activating group) is 1. The second-order valence-electron chi connectivity index (χ2n) is 6.05. The van der Waals surface area contributed by atoms with E-state index in [1.165, 1.54) is 4.70 Å². The average molecular weight is 389 g/mol.